The maximum atomic E-state index is 13.2. The van der Waals surface area contributed by atoms with E-state index in [9.17, 15) is 17.6 Å². The molecule has 0 aliphatic heterocycles. The molecule has 0 aromatic heterocycles. The van der Waals surface area contributed by atoms with Crippen LogP contribution in [0.25, 0.3) is 0 Å². The Bertz CT molecular complexity index is 420. The molecule has 21 heavy (non-hydrogen) atoms. The Labute approximate surface area is 122 Å². The first-order valence-electron chi connectivity index (χ1n) is 6.88. The van der Waals surface area contributed by atoms with Gasteiger partial charge in [-0.05, 0) is 30.2 Å². The van der Waals surface area contributed by atoms with Gasteiger partial charge < -0.3 is 10.1 Å². The molecule has 0 radical (unpaired) electrons. The number of alkyl halides is 3. The number of hydrogen-bond donors (Lipinski definition) is 1. The first kappa shape index (κ1) is 17.9. The van der Waals surface area contributed by atoms with Crippen molar-refractivity contribution in [2.45, 2.75) is 25.9 Å². The van der Waals surface area contributed by atoms with Crippen LogP contribution in [0.15, 0.2) is 24.3 Å². The molecule has 0 fully saturated rings. The fraction of sp³-hybridized carbons (Fsp3) is 0.600. The van der Waals surface area contributed by atoms with Crippen LogP contribution in [0.1, 0.15) is 25.3 Å². The van der Waals surface area contributed by atoms with E-state index in [1.54, 1.807) is 12.1 Å². The van der Waals surface area contributed by atoms with Crippen molar-refractivity contribution in [3.63, 3.8) is 0 Å². The van der Waals surface area contributed by atoms with Gasteiger partial charge in [0, 0.05) is 12.5 Å². The van der Waals surface area contributed by atoms with Crippen molar-refractivity contribution >= 4 is 0 Å². The third-order valence-electron chi connectivity index (χ3n) is 2.85. The van der Waals surface area contributed by atoms with E-state index in [1.165, 1.54) is 12.1 Å². The zero-order valence-corrected chi connectivity index (χ0v) is 12.2. The highest BCUT2D eigenvalue weighted by Crippen LogP contribution is 2.20. The Morgan fingerprint density at radius 2 is 1.90 bits per heavy atom. The van der Waals surface area contributed by atoms with Crippen molar-refractivity contribution < 1.29 is 22.3 Å². The second kappa shape index (κ2) is 8.34. The summed E-state index contributed by atoms with van der Waals surface area (Å²) in [6.45, 7) is 3.86. The Kier molecular flexibility index (Phi) is 7.11. The highest BCUT2D eigenvalue weighted by atomic mass is 19.4. The van der Waals surface area contributed by atoms with E-state index >= 15 is 0 Å². The summed E-state index contributed by atoms with van der Waals surface area (Å²) in [6.07, 6.45) is -4.35. The van der Waals surface area contributed by atoms with Crippen LogP contribution < -0.4 is 5.32 Å². The molecule has 120 valence electrons. The largest absolute Gasteiger partial charge is 0.411 e. The molecule has 1 aromatic carbocycles. The summed E-state index contributed by atoms with van der Waals surface area (Å²) in [5.74, 6) is -0.298. The summed E-state index contributed by atoms with van der Waals surface area (Å²) in [6, 6.07) is 5.88. The zero-order chi connectivity index (χ0) is 15.9. The summed E-state index contributed by atoms with van der Waals surface area (Å²) in [5.41, 5.74) is 0.633. The number of nitrogens with one attached hydrogen (secondary N) is 1. The first-order chi connectivity index (χ1) is 9.78. The third-order valence-corrected chi connectivity index (χ3v) is 2.85. The molecule has 1 unspecified atom stereocenters. The lowest BCUT2D eigenvalue weighted by atomic mass is 9.99. The second-order valence-electron chi connectivity index (χ2n) is 5.43. The monoisotopic (exact) mass is 307 g/mol. The summed E-state index contributed by atoms with van der Waals surface area (Å²) < 4.78 is 54.4. The minimum atomic E-state index is -4.35. The smallest absolute Gasteiger partial charge is 0.371 e. The van der Waals surface area contributed by atoms with E-state index in [4.69, 9.17) is 4.74 Å². The van der Waals surface area contributed by atoms with Gasteiger partial charge in [-0.3, -0.25) is 0 Å². The Morgan fingerprint density at radius 1 is 1.19 bits per heavy atom. The van der Waals surface area contributed by atoms with Gasteiger partial charge in [0.15, 0.2) is 0 Å². The standard InChI is InChI=1S/C15H21F4NO/c1-11(2)7-20-8-13(9-21-10-15(17,18)19)12-4-3-5-14(16)6-12/h3-6,11,13,20H,7-10H2,1-2H3. The molecule has 0 saturated carbocycles. The Hall–Kier alpha value is -1.14. The van der Waals surface area contributed by atoms with Crippen LogP contribution in [0.3, 0.4) is 0 Å². The first-order valence-corrected chi connectivity index (χ1v) is 6.88. The molecule has 0 amide bonds. The zero-order valence-electron chi connectivity index (χ0n) is 12.2. The summed E-state index contributed by atoms with van der Waals surface area (Å²) in [5, 5.41) is 3.17. The minimum Gasteiger partial charge on any atom is -0.371 e. The molecule has 2 nitrogen and oxygen atoms in total. The normalized spacial score (nSPS) is 13.7. The molecular formula is C15H21F4NO. The highest BCUT2D eigenvalue weighted by Gasteiger charge is 2.28. The molecule has 0 aliphatic carbocycles. The third kappa shape index (κ3) is 8.02. The highest BCUT2D eigenvalue weighted by molar-refractivity contribution is 5.21. The average molecular weight is 307 g/mol. The molecule has 1 atom stereocenters. The molecule has 1 N–H and O–H groups in total. The lowest BCUT2D eigenvalue weighted by Crippen LogP contribution is -2.29. The maximum Gasteiger partial charge on any atom is 0.411 e. The van der Waals surface area contributed by atoms with E-state index < -0.39 is 18.6 Å². The van der Waals surface area contributed by atoms with Gasteiger partial charge in [-0.1, -0.05) is 26.0 Å². The van der Waals surface area contributed by atoms with Gasteiger partial charge in [0.25, 0.3) is 0 Å². The summed E-state index contributed by atoms with van der Waals surface area (Å²) >= 11 is 0. The van der Waals surface area contributed by atoms with Gasteiger partial charge in [-0.15, -0.1) is 0 Å². The van der Waals surface area contributed by atoms with Gasteiger partial charge in [0.2, 0.25) is 0 Å². The van der Waals surface area contributed by atoms with E-state index in [0.29, 0.717) is 18.0 Å². The van der Waals surface area contributed by atoms with Crippen molar-refractivity contribution in [2.24, 2.45) is 5.92 Å². The summed E-state index contributed by atoms with van der Waals surface area (Å²) in [4.78, 5) is 0. The molecule has 0 heterocycles. The maximum absolute atomic E-state index is 13.2. The molecule has 1 aromatic rings. The number of halogens is 4. The fourth-order valence-electron chi connectivity index (χ4n) is 1.90. The van der Waals surface area contributed by atoms with Gasteiger partial charge in [-0.2, -0.15) is 13.2 Å². The predicted molar refractivity (Wildman–Crippen MR) is 73.7 cm³/mol. The lowest BCUT2D eigenvalue weighted by molar-refractivity contribution is -0.174. The Morgan fingerprint density at radius 3 is 2.48 bits per heavy atom. The number of rotatable bonds is 8. The Balaban J connectivity index is 2.61. The van der Waals surface area contributed by atoms with Crippen LogP contribution in [0.4, 0.5) is 17.6 Å². The molecule has 0 bridgehead atoms. The van der Waals surface area contributed by atoms with Crippen molar-refractivity contribution in [2.75, 3.05) is 26.3 Å². The minimum absolute atomic E-state index is 0.103. The van der Waals surface area contributed by atoms with E-state index in [2.05, 4.69) is 5.32 Å². The molecule has 6 heteroatoms. The summed E-state index contributed by atoms with van der Waals surface area (Å²) in [7, 11) is 0. The van der Waals surface area contributed by atoms with Crippen molar-refractivity contribution in [1.82, 2.24) is 5.32 Å². The number of benzene rings is 1. The van der Waals surface area contributed by atoms with Crippen molar-refractivity contribution in [1.29, 1.82) is 0 Å². The van der Waals surface area contributed by atoms with Gasteiger partial charge >= 0.3 is 6.18 Å². The van der Waals surface area contributed by atoms with Crippen LogP contribution in [-0.4, -0.2) is 32.5 Å². The van der Waals surface area contributed by atoms with E-state index in [1.807, 2.05) is 13.8 Å². The van der Waals surface area contributed by atoms with Crippen LogP contribution in [0.5, 0.6) is 0 Å². The van der Waals surface area contributed by atoms with Crippen LogP contribution in [0, 0.1) is 11.7 Å². The van der Waals surface area contributed by atoms with Crippen molar-refractivity contribution in [3.05, 3.63) is 35.6 Å². The molecule has 1 rings (SSSR count). The average Bonchev–Trinajstić information content (AvgIpc) is 2.35. The van der Waals surface area contributed by atoms with E-state index in [0.717, 1.165) is 6.54 Å². The quantitative estimate of drug-likeness (QED) is 0.739. The topological polar surface area (TPSA) is 21.3 Å². The van der Waals surface area contributed by atoms with Gasteiger partial charge in [0.1, 0.15) is 12.4 Å². The van der Waals surface area contributed by atoms with Crippen LogP contribution >= 0.6 is 0 Å². The lowest BCUT2D eigenvalue weighted by Gasteiger charge is -2.20. The number of ether oxygens (including phenoxy) is 1. The van der Waals surface area contributed by atoms with Gasteiger partial charge in [-0.25, -0.2) is 4.39 Å². The SMILES string of the molecule is CC(C)CNCC(COCC(F)(F)F)c1cccc(F)c1. The molecule has 0 aliphatic rings. The van der Waals surface area contributed by atoms with E-state index in [-0.39, 0.29) is 12.5 Å². The fourth-order valence-corrected chi connectivity index (χ4v) is 1.90. The molecule has 0 saturated heterocycles. The van der Waals surface area contributed by atoms with Crippen LogP contribution in [-0.2, 0) is 4.74 Å². The second-order valence-corrected chi connectivity index (χ2v) is 5.43. The molecular weight excluding hydrogens is 286 g/mol. The predicted octanol–water partition coefficient (Wildman–Crippen LogP) is 3.73. The van der Waals surface area contributed by atoms with Crippen molar-refractivity contribution in [3.8, 4) is 0 Å². The van der Waals surface area contributed by atoms with Crippen LogP contribution in [0.2, 0.25) is 0 Å². The molecule has 0 spiro atoms. The van der Waals surface area contributed by atoms with Gasteiger partial charge in [0.05, 0.1) is 6.61 Å². The number of hydrogen-bond acceptors (Lipinski definition) is 2.